The maximum atomic E-state index is 11.7. The zero-order chi connectivity index (χ0) is 14.3. The van der Waals surface area contributed by atoms with E-state index < -0.39 is 5.91 Å². The highest BCUT2D eigenvalue weighted by Crippen LogP contribution is 2.11. The molecule has 1 aromatic rings. The van der Waals surface area contributed by atoms with E-state index in [1.807, 2.05) is 7.05 Å². The van der Waals surface area contributed by atoms with E-state index in [9.17, 15) is 9.59 Å². The lowest BCUT2D eigenvalue weighted by Gasteiger charge is -2.17. The van der Waals surface area contributed by atoms with Crippen LogP contribution in [0.5, 0.6) is 5.75 Å². The van der Waals surface area contributed by atoms with Crippen LogP contribution < -0.4 is 15.8 Å². The van der Waals surface area contributed by atoms with Crippen LogP contribution in [-0.4, -0.2) is 50.5 Å². The van der Waals surface area contributed by atoms with Crippen molar-refractivity contribution >= 4 is 11.8 Å². The van der Waals surface area contributed by atoms with Crippen LogP contribution >= 0.6 is 0 Å². The van der Waals surface area contributed by atoms with Crippen LogP contribution in [0.3, 0.4) is 0 Å². The molecule has 0 unspecified atom stereocenters. The molecule has 0 aliphatic rings. The molecule has 6 nitrogen and oxygen atoms in total. The van der Waals surface area contributed by atoms with Crippen molar-refractivity contribution in [1.29, 1.82) is 0 Å². The second kappa shape index (κ2) is 7.38. The lowest BCUT2D eigenvalue weighted by atomic mass is 10.2. The van der Waals surface area contributed by atoms with Gasteiger partial charge in [0.1, 0.15) is 5.75 Å². The molecular weight excluding hydrogens is 246 g/mol. The van der Waals surface area contributed by atoms with Crippen molar-refractivity contribution in [1.82, 2.24) is 10.2 Å². The maximum absolute atomic E-state index is 11.7. The average Bonchev–Trinajstić information content (AvgIpc) is 2.42. The molecule has 19 heavy (non-hydrogen) atoms. The minimum atomic E-state index is -0.491. The third kappa shape index (κ3) is 4.97. The van der Waals surface area contributed by atoms with Crippen LogP contribution in [-0.2, 0) is 4.79 Å². The summed E-state index contributed by atoms with van der Waals surface area (Å²) in [4.78, 5) is 24.2. The van der Waals surface area contributed by atoms with Crippen molar-refractivity contribution in [3.05, 3.63) is 29.8 Å². The second-order valence-corrected chi connectivity index (χ2v) is 4.10. The number of nitrogens with one attached hydrogen (secondary N) is 1. The Balaban J connectivity index is 2.43. The van der Waals surface area contributed by atoms with E-state index in [2.05, 4.69) is 5.32 Å². The molecule has 0 aliphatic heterocycles. The summed E-state index contributed by atoms with van der Waals surface area (Å²) < 4.78 is 5.34. The van der Waals surface area contributed by atoms with Gasteiger partial charge in [-0.2, -0.15) is 0 Å². The van der Waals surface area contributed by atoms with Gasteiger partial charge in [-0.3, -0.25) is 9.59 Å². The molecule has 0 atom stereocenters. The van der Waals surface area contributed by atoms with Gasteiger partial charge in [0.2, 0.25) is 5.91 Å². The normalized spacial score (nSPS) is 10.0. The number of likely N-dealkylation sites (N-methyl/N-ethyl adjacent to an activating group) is 2. The SMILES string of the molecule is CNCCN(C)C(=O)COc1ccc(C(N)=O)cc1. The van der Waals surface area contributed by atoms with Gasteiger partial charge in [0, 0.05) is 25.7 Å². The Hall–Kier alpha value is -2.08. The van der Waals surface area contributed by atoms with Crippen LogP contribution in [0, 0.1) is 0 Å². The fourth-order valence-corrected chi connectivity index (χ4v) is 1.37. The number of nitrogens with two attached hydrogens (primary N) is 1. The van der Waals surface area contributed by atoms with E-state index in [1.165, 1.54) is 0 Å². The summed E-state index contributed by atoms with van der Waals surface area (Å²) in [6.07, 6.45) is 0. The Kier molecular flexibility index (Phi) is 5.81. The molecular formula is C13H19N3O3. The molecule has 0 spiro atoms. The van der Waals surface area contributed by atoms with Crippen LogP contribution in [0.15, 0.2) is 24.3 Å². The highest BCUT2D eigenvalue weighted by Gasteiger charge is 2.09. The molecule has 0 aliphatic carbocycles. The third-order valence-electron chi connectivity index (χ3n) is 2.62. The van der Waals surface area contributed by atoms with E-state index in [-0.39, 0.29) is 12.5 Å². The average molecular weight is 265 g/mol. The van der Waals surface area contributed by atoms with E-state index in [1.54, 1.807) is 36.2 Å². The first-order valence-corrected chi connectivity index (χ1v) is 5.96. The molecule has 3 N–H and O–H groups in total. The van der Waals surface area contributed by atoms with Gasteiger partial charge < -0.3 is 20.7 Å². The first-order chi connectivity index (χ1) is 9.04. The second-order valence-electron chi connectivity index (χ2n) is 4.10. The molecule has 0 heterocycles. The fraction of sp³-hybridized carbons (Fsp3) is 0.385. The van der Waals surface area contributed by atoms with Crippen LogP contribution in [0.2, 0.25) is 0 Å². The highest BCUT2D eigenvalue weighted by atomic mass is 16.5. The predicted octanol–water partition coefficient (Wildman–Crippen LogP) is -0.158. The molecule has 0 bridgehead atoms. The van der Waals surface area contributed by atoms with Crippen molar-refractivity contribution in [2.24, 2.45) is 5.73 Å². The Bertz CT molecular complexity index is 431. The summed E-state index contributed by atoms with van der Waals surface area (Å²) in [7, 11) is 3.55. The molecule has 1 aromatic carbocycles. The largest absolute Gasteiger partial charge is 0.484 e. The van der Waals surface area contributed by atoms with E-state index >= 15 is 0 Å². The Labute approximate surface area is 112 Å². The minimum absolute atomic E-state index is 0.0316. The quantitative estimate of drug-likeness (QED) is 0.717. The van der Waals surface area contributed by atoms with E-state index in [0.717, 1.165) is 6.54 Å². The van der Waals surface area contributed by atoms with Crippen LogP contribution in [0.25, 0.3) is 0 Å². The molecule has 0 aromatic heterocycles. The molecule has 0 saturated heterocycles. The van der Waals surface area contributed by atoms with Gasteiger partial charge in [0.25, 0.3) is 5.91 Å². The lowest BCUT2D eigenvalue weighted by Crippen LogP contribution is -2.35. The third-order valence-corrected chi connectivity index (χ3v) is 2.62. The number of benzene rings is 1. The number of primary amides is 1. The summed E-state index contributed by atoms with van der Waals surface area (Å²) >= 11 is 0. The number of rotatable bonds is 7. The monoisotopic (exact) mass is 265 g/mol. The van der Waals surface area contributed by atoms with Crippen LogP contribution in [0.1, 0.15) is 10.4 Å². The summed E-state index contributed by atoms with van der Waals surface area (Å²) in [6, 6.07) is 6.35. The van der Waals surface area contributed by atoms with Gasteiger partial charge in [-0.15, -0.1) is 0 Å². The van der Waals surface area contributed by atoms with Crippen molar-refractivity contribution in [3.63, 3.8) is 0 Å². The molecule has 104 valence electrons. The van der Waals surface area contributed by atoms with Crippen molar-refractivity contribution < 1.29 is 14.3 Å². The van der Waals surface area contributed by atoms with E-state index in [0.29, 0.717) is 17.9 Å². The molecule has 2 amide bonds. The van der Waals surface area contributed by atoms with Gasteiger partial charge in [-0.05, 0) is 31.3 Å². The van der Waals surface area contributed by atoms with Gasteiger partial charge in [-0.25, -0.2) is 0 Å². The number of hydrogen-bond acceptors (Lipinski definition) is 4. The van der Waals surface area contributed by atoms with Gasteiger partial charge >= 0.3 is 0 Å². The van der Waals surface area contributed by atoms with Gasteiger partial charge in [0.15, 0.2) is 6.61 Å². The lowest BCUT2D eigenvalue weighted by molar-refractivity contribution is -0.131. The van der Waals surface area contributed by atoms with Gasteiger partial charge in [0.05, 0.1) is 0 Å². The fourth-order valence-electron chi connectivity index (χ4n) is 1.37. The van der Waals surface area contributed by atoms with Crippen molar-refractivity contribution in [2.75, 3.05) is 33.8 Å². The maximum Gasteiger partial charge on any atom is 0.260 e. The van der Waals surface area contributed by atoms with Gasteiger partial charge in [-0.1, -0.05) is 0 Å². The number of hydrogen-bond donors (Lipinski definition) is 2. The molecule has 6 heteroatoms. The minimum Gasteiger partial charge on any atom is -0.484 e. The molecule has 1 rings (SSSR count). The van der Waals surface area contributed by atoms with Crippen molar-refractivity contribution in [3.8, 4) is 5.75 Å². The molecule has 0 fully saturated rings. The van der Waals surface area contributed by atoms with Crippen molar-refractivity contribution in [2.45, 2.75) is 0 Å². The smallest absolute Gasteiger partial charge is 0.260 e. The number of amides is 2. The number of carbonyl (C=O) groups excluding carboxylic acids is 2. The Morgan fingerprint density at radius 2 is 1.95 bits per heavy atom. The predicted molar refractivity (Wildman–Crippen MR) is 72.0 cm³/mol. The molecule has 0 radical (unpaired) electrons. The van der Waals surface area contributed by atoms with Crippen LogP contribution in [0.4, 0.5) is 0 Å². The molecule has 0 saturated carbocycles. The summed E-state index contributed by atoms with van der Waals surface area (Å²) in [5.41, 5.74) is 5.53. The van der Waals surface area contributed by atoms with E-state index in [4.69, 9.17) is 10.5 Å². The summed E-state index contributed by atoms with van der Waals surface area (Å²) in [6.45, 7) is 1.32. The number of ether oxygens (including phenoxy) is 1. The topological polar surface area (TPSA) is 84.7 Å². The standard InChI is InChI=1S/C13H19N3O3/c1-15-7-8-16(2)12(17)9-19-11-5-3-10(4-6-11)13(14)18/h3-6,15H,7-9H2,1-2H3,(H2,14,18). The summed E-state index contributed by atoms with van der Waals surface area (Å²) in [5, 5.41) is 2.97. The summed E-state index contributed by atoms with van der Waals surface area (Å²) in [5.74, 6) is -0.0657. The Morgan fingerprint density at radius 3 is 2.47 bits per heavy atom. The number of carbonyl (C=O) groups is 2. The first kappa shape index (κ1) is 15.0. The number of nitrogens with zero attached hydrogens (tertiary/aromatic N) is 1. The highest BCUT2D eigenvalue weighted by molar-refractivity contribution is 5.92. The first-order valence-electron chi connectivity index (χ1n) is 5.96. The zero-order valence-electron chi connectivity index (χ0n) is 11.2. The Morgan fingerprint density at radius 1 is 1.32 bits per heavy atom. The zero-order valence-corrected chi connectivity index (χ0v) is 11.2.